The quantitative estimate of drug-likeness (QED) is 0.209. The van der Waals surface area contributed by atoms with Crippen LogP contribution in [0.4, 0.5) is 0 Å². The largest absolute Gasteiger partial charge is 0.422 e. The Kier molecular flexibility index (Phi) is 6.58. The van der Waals surface area contributed by atoms with Crippen molar-refractivity contribution in [2.45, 2.75) is 0 Å². The van der Waals surface area contributed by atoms with Gasteiger partial charge in [0, 0.05) is 20.8 Å². The third kappa shape index (κ3) is 4.69. The van der Waals surface area contributed by atoms with Gasteiger partial charge in [0.05, 0.1) is 21.2 Å². The summed E-state index contributed by atoms with van der Waals surface area (Å²) in [5.41, 5.74) is 0.348. The smallest absolute Gasteiger partial charge is 0.345 e. The maximum atomic E-state index is 12.6. The predicted molar refractivity (Wildman–Crippen MR) is 127 cm³/mol. The second-order valence-electron chi connectivity index (χ2n) is 6.63. The van der Waals surface area contributed by atoms with Crippen LogP contribution in [0.5, 0.6) is 11.5 Å². The van der Waals surface area contributed by atoms with E-state index in [2.05, 4.69) is 0 Å². The molecule has 8 heteroatoms. The lowest BCUT2D eigenvalue weighted by molar-refractivity contribution is 0.0725. The molecule has 0 N–H and O–H groups in total. The van der Waals surface area contributed by atoms with Crippen LogP contribution in [-0.4, -0.2) is 11.9 Å². The molecule has 0 aromatic heterocycles. The molecule has 4 aromatic carbocycles. The highest BCUT2D eigenvalue weighted by molar-refractivity contribution is 6.37. The molecule has 0 heterocycles. The number of benzene rings is 4. The van der Waals surface area contributed by atoms with Gasteiger partial charge in [-0.1, -0.05) is 70.7 Å². The molecule has 0 bridgehead atoms. The summed E-state index contributed by atoms with van der Waals surface area (Å²) >= 11 is 24.0. The van der Waals surface area contributed by atoms with Gasteiger partial charge in [0.15, 0.2) is 0 Å². The summed E-state index contributed by atoms with van der Waals surface area (Å²) in [4.78, 5) is 25.3. The van der Waals surface area contributed by atoms with Crippen molar-refractivity contribution in [2.24, 2.45) is 0 Å². The van der Waals surface area contributed by atoms with E-state index in [4.69, 9.17) is 55.9 Å². The second-order valence-corrected chi connectivity index (χ2v) is 8.32. The molecular weight excluding hydrogens is 494 g/mol. The van der Waals surface area contributed by atoms with Crippen LogP contribution in [0.15, 0.2) is 72.8 Å². The van der Waals surface area contributed by atoms with Crippen molar-refractivity contribution >= 4 is 69.1 Å². The first-order valence-corrected chi connectivity index (χ1v) is 10.7. The average molecular weight is 506 g/mol. The highest BCUT2D eigenvalue weighted by atomic mass is 35.5. The van der Waals surface area contributed by atoms with Gasteiger partial charge in [0.1, 0.15) is 11.5 Å². The molecule has 0 unspecified atom stereocenters. The maximum absolute atomic E-state index is 12.6. The number of rotatable bonds is 4. The van der Waals surface area contributed by atoms with Crippen molar-refractivity contribution in [1.29, 1.82) is 0 Å². The van der Waals surface area contributed by atoms with E-state index in [1.165, 1.54) is 24.3 Å². The fraction of sp³-hybridized carbons (Fsp3) is 0. The van der Waals surface area contributed by atoms with E-state index in [-0.39, 0.29) is 32.7 Å². The van der Waals surface area contributed by atoms with Gasteiger partial charge in [0.2, 0.25) is 0 Å². The summed E-state index contributed by atoms with van der Waals surface area (Å²) in [6.45, 7) is 0. The number of fused-ring (bicyclic) bond motifs is 1. The summed E-state index contributed by atoms with van der Waals surface area (Å²) < 4.78 is 11.1. The number of carbonyl (C=O) groups is 2. The van der Waals surface area contributed by atoms with Gasteiger partial charge in [0.25, 0.3) is 0 Å². The molecule has 0 aliphatic rings. The molecule has 0 aliphatic carbocycles. The molecule has 160 valence electrons. The van der Waals surface area contributed by atoms with Crippen molar-refractivity contribution in [2.75, 3.05) is 0 Å². The average Bonchev–Trinajstić information content (AvgIpc) is 2.74. The van der Waals surface area contributed by atoms with Gasteiger partial charge in [-0.05, 0) is 48.5 Å². The molecule has 0 saturated heterocycles. The van der Waals surface area contributed by atoms with Gasteiger partial charge in [-0.15, -0.1) is 0 Å². The van der Waals surface area contributed by atoms with E-state index in [1.54, 1.807) is 48.5 Å². The van der Waals surface area contributed by atoms with Crippen LogP contribution in [0, 0.1) is 0 Å². The molecule has 0 aliphatic heterocycles. The number of carbonyl (C=O) groups excluding carboxylic acids is 2. The van der Waals surface area contributed by atoms with Gasteiger partial charge in [-0.2, -0.15) is 0 Å². The summed E-state index contributed by atoms with van der Waals surface area (Å²) in [5.74, 6) is -0.731. The summed E-state index contributed by atoms with van der Waals surface area (Å²) in [7, 11) is 0. The molecule has 0 amide bonds. The summed E-state index contributed by atoms with van der Waals surface area (Å²) in [6.07, 6.45) is 0. The van der Waals surface area contributed by atoms with Crippen molar-refractivity contribution in [1.82, 2.24) is 0 Å². The van der Waals surface area contributed by atoms with Gasteiger partial charge < -0.3 is 9.47 Å². The number of esters is 2. The molecular formula is C24H12Cl4O4. The van der Waals surface area contributed by atoms with Crippen LogP contribution in [0.2, 0.25) is 20.1 Å². The topological polar surface area (TPSA) is 52.6 Å². The van der Waals surface area contributed by atoms with E-state index in [0.29, 0.717) is 20.8 Å². The number of halogens is 4. The van der Waals surface area contributed by atoms with Crippen LogP contribution >= 0.6 is 46.4 Å². The molecule has 32 heavy (non-hydrogen) atoms. The first kappa shape index (κ1) is 22.4. The predicted octanol–water partition coefficient (Wildman–Crippen LogP) is 7.89. The summed E-state index contributed by atoms with van der Waals surface area (Å²) in [6, 6.07) is 19.1. The number of ether oxygens (including phenoxy) is 2. The van der Waals surface area contributed by atoms with Crippen LogP contribution in [0.3, 0.4) is 0 Å². The minimum Gasteiger partial charge on any atom is -0.422 e. The lowest BCUT2D eigenvalue weighted by Crippen LogP contribution is -2.10. The molecule has 0 fully saturated rings. The van der Waals surface area contributed by atoms with Gasteiger partial charge >= 0.3 is 11.9 Å². The standard InChI is InChI=1S/C24H12Cl4O4/c25-13-7-9-17(19(27)11-13)23(29)31-21-5-1-3-15-16(21)4-2-6-22(15)32-24(30)18-10-8-14(26)12-20(18)28/h1-12H. The Morgan fingerprint density at radius 3 is 1.34 bits per heavy atom. The Hall–Kier alpha value is -2.76. The molecule has 0 spiro atoms. The van der Waals surface area contributed by atoms with Gasteiger partial charge in [-0.25, -0.2) is 9.59 Å². The Balaban J connectivity index is 1.65. The van der Waals surface area contributed by atoms with Crippen molar-refractivity contribution in [3.63, 3.8) is 0 Å². The third-order valence-corrected chi connectivity index (χ3v) is 5.65. The number of hydrogen-bond donors (Lipinski definition) is 0. The molecule has 4 aromatic rings. The highest BCUT2D eigenvalue weighted by Gasteiger charge is 2.18. The zero-order chi connectivity index (χ0) is 22.8. The Morgan fingerprint density at radius 1 is 0.562 bits per heavy atom. The van der Waals surface area contributed by atoms with E-state index < -0.39 is 11.9 Å². The van der Waals surface area contributed by atoms with Crippen LogP contribution in [0.1, 0.15) is 20.7 Å². The van der Waals surface area contributed by atoms with Crippen molar-refractivity contribution in [3.8, 4) is 11.5 Å². The molecule has 4 rings (SSSR count). The highest BCUT2D eigenvalue weighted by Crippen LogP contribution is 2.34. The zero-order valence-corrected chi connectivity index (χ0v) is 19.1. The van der Waals surface area contributed by atoms with Crippen LogP contribution in [0.25, 0.3) is 10.8 Å². The van der Waals surface area contributed by atoms with Crippen molar-refractivity contribution < 1.29 is 19.1 Å². The maximum Gasteiger partial charge on any atom is 0.345 e. The minimum absolute atomic E-state index is 0.174. The van der Waals surface area contributed by atoms with E-state index in [9.17, 15) is 9.59 Å². The normalized spacial score (nSPS) is 10.8. The SMILES string of the molecule is O=C(Oc1cccc2c(OC(=O)c3ccc(Cl)cc3Cl)cccc12)c1ccc(Cl)cc1Cl. The Morgan fingerprint density at radius 2 is 0.969 bits per heavy atom. The van der Waals surface area contributed by atoms with E-state index in [1.807, 2.05) is 0 Å². The molecule has 0 atom stereocenters. The lowest BCUT2D eigenvalue weighted by atomic mass is 10.1. The van der Waals surface area contributed by atoms with Crippen LogP contribution in [-0.2, 0) is 0 Å². The Bertz CT molecular complexity index is 1260. The molecule has 4 nitrogen and oxygen atoms in total. The second kappa shape index (κ2) is 9.39. The zero-order valence-electron chi connectivity index (χ0n) is 16.1. The Labute approximate surface area is 203 Å². The monoisotopic (exact) mass is 504 g/mol. The van der Waals surface area contributed by atoms with Crippen molar-refractivity contribution in [3.05, 3.63) is 104 Å². The molecule has 0 radical (unpaired) electrons. The fourth-order valence-corrected chi connectivity index (χ4v) is 4.02. The van der Waals surface area contributed by atoms with E-state index >= 15 is 0 Å². The third-order valence-electron chi connectivity index (χ3n) is 4.55. The lowest BCUT2D eigenvalue weighted by Gasteiger charge is -2.12. The van der Waals surface area contributed by atoms with Crippen LogP contribution < -0.4 is 9.47 Å². The fourth-order valence-electron chi connectivity index (χ4n) is 3.05. The van der Waals surface area contributed by atoms with E-state index in [0.717, 1.165) is 0 Å². The summed E-state index contributed by atoms with van der Waals surface area (Å²) in [5, 5.41) is 2.30. The first-order chi connectivity index (χ1) is 15.3. The number of hydrogen-bond acceptors (Lipinski definition) is 4. The first-order valence-electron chi connectivity index (χ1n) is 9.19. The van der Waals surface area contributed by atoms with Gasteiger partial charge in [-0.3, -0.25) is 0 Å². The minimum atomic E-state index is -0.644. The molecule has 0 saturated carbocycles.